The van der Waals surface area contributed by atoms with Crippen LogP contribution in [-0.2, 0) is 4.79 Å². The van der Waals surface area contributed by atoms with Gasteiger partial charge >= 0.3 is 0 Å². The van der Waals surface area contributed by atoms with Crippen LogP contribution in [0.15, 0.2) is 24.3 Å². The highest BCUT2D eigenvalue weighted by Crippen LogP contribution is 2.22. The number of unbranched alkanes of at least 4 members (excludes halogenated alkanes) is 6. The number of aliphatic hydroxyl groups is 1. The molecule has 0 aliphatic carbocycles. The van der Waals surface area contributed by atoms with Crippen LogP contribution in [0.4, 0.5) is 0 Å². The van der Waals surface area contributed by atoms with Crippen molar-refractivity contribution in [1.29, 1.82) is 0 Å². The first kappa shape index (κ1) is 22.7. The van der Waals surface area contributed by atoms with Gasteiger partial charge in [-0.2, -0.15) is 0 Å². The lowest BCUT2D eigenvalue weighted by atomic mass is 10.0. The van der Waals surface area contributed by atoms with Gasteiger partial charge < -0.3 is 20.4 Å². The Hall–Kier alpha value is -1.59. The van der Waals surface area contributed by atoms with Gasteiger partial charge in [0.05, 0.1) is 6.04 Å². The minimum absolute atomic E-state index is 0.0237. The first-order valence-corrected chi connectivity index (χ1v) is 11.1. The molecule has 5 nitrogen and oxygen atoms in total. The van der Waals surface area contributed by atoms with Gasteiger partial charge in [0, 0.05) is 13.0 Å². The molecule has 3 N–H and O–H groups in total. The minimum atomic E-state index is -0.779. The summed E-state index contributed by atoms with van der Waals surface area (Å²) in [5.74, 6) is 0.200. The molecule has 1 fully saturated rings. The quantitative estimate of drug-likeness (QED) is 0.443. The molecule has 5 heteroatoms. The Morgan fingerprint density at radius 2 is 1.64 bits per heavy atom. The third-order valence-corrected chi connectivity index (χ3v) is 5.62. The third-order valence-electron chi connectivity index (χ3n) is 5.62. The smallest absolute Gasteiger partial charge is 0.220 e. The molecule has 0 spiro atoms. The number of aliphatic hydroxyl groups excluding tert-OH is 1. The molecule has 1 heterocycles. The van der Waals surface area contributed by atoms with E-state index in [1.54, 1.807) is 24.3 Å². The number of amides is 1. The molecular formula is C23H38N2O3. The number of phenols is 1. The van der Waals surface area contributed by atoms with E-state index in [9.17, 15) is 15.0 Å². The molecule has 2 unspecified atom stereocenters. The molecule has 0 aromatic heterocycles. The zero-order valence-corrected chi connectivity index (χ0v) is 17.4. The van der Waals surface area contributed by atoms with Crippen molar-refractivity contribution in [2.45, 2.75) is 83.3 Å². The fourth-order valence-corrected chi connectivity index (χ4v) is 3.89. The molecule has 158 valence electrons. The number of phenolic OH excluding ortho intramolecular Hbond substituents is 1. The maximum absolute atomic E-state index is 12.5. The summed E-state index contributed by atoms with van der Waals surface area (Å²) < 4.78 is 0. The zero-order valence-electron chi connectivity index (χ0n) is 17.4. The van der Waals surface area contributed by atoms with Crippen molar-refractivity contribution in [2.75, 3.05) is 19.6 Å². The van der Waals surface area contributed by atoms with E-state index in [2.05, 4.69) is 17.1 Å². The number of likely N-dealkylation sites (tertiary alicyclic amines) is 1. The predicted octanol–water partition coefficient (Wildman–Crippen LogP) is 4.15. The Morgan fingerprint density at radius 3 is 2.29 bits per heavy atom. The zero-order chi connectivity index (χ0) is 20.2. The van der Waals surface area contributed by atoms with Gasteiger partial charge in [-0.3, -0.25) is 4.79 Å². The fourth-order valence-electron chi connectivity index (χ4n) is 3.89. The Bertz CT molecular complexity index is 555. The van der Waals surface area contributed by atoms with E-state index >= 15 is 0 Å². The number of rotatable bonds is 13. The van der Waals surface area contributed by atoms with Crippen LogP contribution in [0.5, 0.6) is 5.75 Å². The van der Waals surface area contributed by atoms with Crippen LogP contribution >= 0.6 is 0 Å². The summed E-state index contributed by atoms with van der Waals surface area (Å²) in [6.07, 6.45) is 10.4. The van der Waals surface area contributed by atoms with Crippen molar-refractivity contribution < 1.29 is 15.0 Å². The molecule has 1 aromatic rings. The van der Waals surface area contributed by atoms with Crippen molar-refractivity contribution in [3.63, 3.8) is 0 Å². The van der Waals surface area contributed by atoms with E-state index in [1.807, 2.05) is 0 Å². The number of hydrogen-bond donors (Lipinski definition) is 3. The van der Waals surface area contributed by atoms with Crippen LogP contribution in [0.1, 0.15) is 82.8 Å². The first-order chi connectivity index (χ1) is 13.6. The summed E-state index contributed by atoms with van der Waals surface area (Å²) in [4.78, 5) is 14.8. The van der Waals surface area contributed by atoms with Crippen LogP contribution in [0.2, 0.25) is 0 Å². The molecule has 0 saturated carbocycles. The van der Waals surface area contributed by atoms with Crippen LogP contribution in [0.25, 0.3) is 0 Å². The van der Waals surface area contributed by atoms with Crippen LogP contribution < -0.4 is 5.32 Å². The lowest BCUT2D eigenvalue weighted by molar-refractivity contribution is -0.123. The highest BCUT2D eigenvalue weighted by molar-refractivity contribution is 5.76. The summed E-state index contributed by atoms with van der Waals surface area (Å²) in [6, 6.07) is 6.26. The van der Waals surface area contributed by atoms with E-state index < -0.39 is 6.10 Å². The van der Waals surface area contributed by atoms with Gasteiger partial charge in [0.1, 0.15) is 11.9 Å². The minimum Gasteiger partial charge on any atom is -0.508 e. The second-order valence-corrected chi connectivity index (χ2v) is 8.09. The van der Waals surface area contributed by atoms with Gasteiger partial charge in [-0.05, 0) is 50.0 Å². The first-order valence-electron chi connectivity index (χ1n) is 11.1. The summed E-state index contributed by atoms with van der Waals surface area (Å²) in [7, 11) is 0. The lowest BCUT2D eigenvalue weighted by Crippen LogP contribution is -2.46. The average molecular weight is 391 g/mol. The Morgan fingerprint density at radius 1 is 1.04 bits per heavy atom. The Balaban J connectivity index is 1.82. The van der Waals surface area contributed by atoms with Crippen LogP contribution in [0, 0.1) is 0 Å². The number of carbonyl (C=O) groups is 1. The van der Waals surface area contributed by atoms with Gasteiger partial charge in [-0.1, -0.05) is 57.6 Å². The van der Waals surface area contributed by atoms with Crippen LogP contribution in [0.3, 0.4) is 0 Å². The molecule has 28 heavy (non-hydrogen) atoms. The summed E-state index contributed by atoms with van der Waals surface area (Å²) >= 11 is 0. The highest BCUT2D eigenvalue weighted by Gasteiger charge is 2.26. The Labute approximate surface area is 170 Å². The number of nitrogens with one attached hydrogen (secondary N) is 1. The molecule has 2 atom stereocenters. The second kappa shape index (κ2) is 12.8. The molecule has 1 aliphatic heterocycles. The molecular weight excluding hydrogens is 352 g/mol. The number of benzene rings is 1. The summed E-state index contributed by atoms with van der Waals surface area (Å²) in [5.41, 5.74) is 0.721. The van der Waals surface area contributed by atoms with Crippen LogP contribution in [-0.4, -0.2) is 46.7 Å². The topological polar surface area (TPSA) is 72.8 Å². The number of carbonyl (C=O) groups excluding carboxylic acids is 1. The lowest BCUT2D eigenvalue weighted by Gasteiger charge is -2.28. The van der Waals surface area contributed by atoms with Gasteiger partial charge in [-0.15, -0.1) is 0 Å². The normalized spacial score (nSPS) is 16.8. The number of hydrogen-bond acceptors (Lipinski definition) is 4. The maximum atomic E-state index is 12.5. The SMILES string of the molecule is CCCCCCCCCC(=O)NC(CN1CCCC1)C(O)c1ccc(O)cc1. The monoisotopic (exact) mass is 390 g/mol. The number of nitrogens with zero attached hydrogens (tertiary/aromatic N) is 1. The Kier molecular flexibility index (Phi) is 10.4. The van der Waals surface area contributed by atoms with Gasteiger partial charge in [0.25, 0.3) is 0 Å². The third kappa shape index (κ3) is 8.19. The standard InChI is InChI=1S/C23H38N2O3/c1-2-3-4-5-6-7-8-11-22(27)24-21(18-25-16-9-10-17-25)23(28)19-12-14-20(26)15-13-19/h12-15,21,23,26,28H,2-11,16-18H2,1H3,(H,24,27). The van der Waals surface area contributed by atoms with E-state index in [0.29, 0.717) is 13.0 Å². The number of aromatic hydroxyl groups is 1. The van der Waals surface area contributed by atoms with Gasteiger partial charge in [0.2, 0.25) is 5.91 Å². The van der Waals surface area contributed by atoms with Crippen molar-refractivity contribution >= 4 is 5.91 Å². The van der Waals surface area contributed by atoms with E-state index in [0.717, 1.165) is 31.5 Å². The van der Waals surface area contributed by atoms with Gasteiger partial charge in [-0.25, -0.2) is 0 Å². The summed E-state index contributed by atoms with van der Waals surface area (Å²) in [5, 5.41) is 23.4. The van der Waals surface area contributed by atoms with E-state index in [1.165, 1.54) is 44.9 Å². The molecule has 1 amide bonds. The largest absolute Gasteiger partial charge is 0.508 e. The van der Waals surface area contributed by atoms with Crippen molar-refractivity contribution in [2.24, 2.45) is 0 Å². The maximum Gasteiger partial charge on any atom is 0.220 e. The molecule has 0 radical (unpaired) electrons. The molecule has 0 bridgehead atoms. The second-order valence-electron chi connectivity index (χ2n) is 8.09. The van der Waals surface area contributed by atoms with E-state index in [-0.39, 0.29) is 17.7 Å². The van der Waals surface area contributed by atoms with Crippen molar-refractivity contribution in [1.82, 2.24) is 10.2 Å². The van der Waals surface area contributed by atoms with Crippen molar-refractivity contribution in [3.05, 3.63) is 29.8 Å². The molecule has 1 aromatic carbocycles. The molecule has 1 saturated heterocycles. The molecule has 1 aliphatic rings. The predicted molar refractivity (Wildman–Crippen MR) is 113 cm³/mol. The fraction of sp³-hybridized carbons (Fsp3) is 0.696. The summed E-state index contributed by atoms with van der Waals surface area (Å²) in [6.45, 7) is 4.92. The average Bonchev–Trinajstić information content (AvgIpc) is 3.20. The van der Waals surface area contributed by atoms with E-state index in [4.69, 9.17) is 0 Å². The van der Waals surface area contributed by atoms with Gasteiger partial charge in [0.15, 0.2) is 0 Å². The molecule has 2 rings (SSSR count). The van der Waals surface area contributed by atoms with Crippen molar-refractivity contribution in [3.8, 4) is 5.75 Å². The highest BCUT2D eigenvalue weighted by atomic mass is 16.3.